The van der Waals surface area contributed by atoms with E-state index in [1.165, 1.54) is 13.2 Å². The van der Waals surface area contributed by atoms with Crippen LogP contribution >= 0.6 is 0 Å². The van der Waals surface area contributed by atoms with Crippen LogP contribution in [0.2, 0.25) is 0 Å². The van der Waals surface area contributed by atoms with Crippen molar-refractivity contribution in [3.05, 3.63) is 72.4 Å². The molecule has 0 aliphatic heterocycles. The number of rotatable bonds is 4. The molecule has 0 N–H and O–H groups in total. The van der Waals surface area contributed by atoms with Crippen LogP contribution < -0.4 is 4.74 Å². The highest BCUT2D eigenvalue weighted by Crippen LogP contribution is 2.34. The summed E-state index contributed by atoms with van der Waals surface area (Å²) in [5.41, 5.74) is 0.457. The Hall–Kier alpha value is -4.21. The molecule has 0 radical (unpaired) electrons. The highest BCUT2D eigenvalue weighted by atomic mass is 19.4. The fraction of sp³-hybridized carbons (Fsp3) is 0.0909. The van der Waals surface area contributed by atoms with E-state index in [4.69, 9.17) is 9.15 Å². The summed E-state index contributed by atoms with van der Waals surface area (Å²) in [6, 6.07) is 17.9. The number of methoxy groups -OCH3 is 1. The van der Waals surface area contributed by atoms with Crippen LogP contribution in [0.1, 0.15) is 5.69 Å². The van der Waals surface area contributed by atoms with Crippen molar-refractivity contribution in [2.75, 3.05) is 7.11 Å². The quantitative estimate of drug-likeness (QED) is 0.387. The monoisotopic (exact) mass is 437 g/mol. The normalized spacial score (nSPS) is 11.8. The highest BCUT2D eigenvalue weighted by molar-refractivity contribution is 5.66. The molecule has 0 aliphatic rings. The van der Waals surface area contributed by atoms with Gasteiger partial charge in [0.1, 0.15) is 5.75 Å². The van der Waals surface area contributed by atoms with E-state index in [2.05, 4.69) is 20.3 Å². The van der Waals surface area contributed by atoms with Crippen LogP contribution in [0.15, 0.2) is 71.1 Å². The lowest BCUT2D eigenvalue weighted by molar-refractivity contribution is -0.142. The maximum absolute atomic E-state index is 13.8. The van der Waals surface area contributed by atoms with Crippen LogP contribution in [0.5, 0.6) is 5.75 Å². The van der Waals surface area contributed by atoms with Crippen molar-refractivity contribution < 1.29 is 22.3 Å². The third-order valence-corrected chi connectivity index (χ3v) is 4.77. The molecule has 5 aromatic rings. The van der Waals surface area contributed by atoms with Crippen molar-refractivity contribution in [3.8, 4) is 40.0 Å². The van der Waals surface area contributed by atoms with Gasteiger partial charge in [0.05, 0.1) is 12.8 Å². The predicted octanol–water partition coefficient (Wildman–Crippen LogP) is 5.14. The first-order valence-corrected chi connectivity index (χ1v) is 9.44. The standard InChI is InChI=1S/C22H14F3N5O2/c1-31-15-9-7-13(8-10-15)16-11-18(22(23,24)25)30-19(26-16)12-17(29-30)21-28-27-20(32-21)14-5-3-2-4-6-14/h2-12H,1H3. The van der Waals surface area contributed by atoms with Crippen LogP contribution in [0, 0.1) is 0 Å². The fourth-order valence-electron chi connectivity index (χ4n) is 3.21. The summed E-state index contributed by atoms with van der Waals surface area (Å²) in [5.74, 6) is 0.817. The van der Waals surface area contributed by atoms with Crippen LogP contribution in [-0.4, -0.2) is 31.9 Å². The van der Waals surface area contributed by atoms with Gasteiger partial charge in [-0.15, -0.1) is 10.2 Å². The number of benzene rings is 2. The summed E-state index contributed by atoms with van der Waals surface area (Å²) < 4.78 is 52.9. The maximum Gasteiger partial charge on any atom is 0.433 e. The third-order valence-electron chi connectivity index (χ3n) is 4.77. The van der Waals surface area contributed by atoms with Gasteiger partial charge >= 0.3 is 6.18 Å². The number of hydrogen-bond donors (Lipinski definition) is 0. The number of fused-ring (bicyclic) bond motifs is 1. The lowest BCUT2D eigenvalue weighted by atomic mass is 10.1. The van der Waals surface area contributed by atoms with E-state index < -0.39 is 11.9 Å². The number of ether oxygens (including phenoxy) is 1. The molecular formula is C22H14F3N5O2. The molecule has 10 heteroatoms. The molecule has 0 atom stereocenters. The van der Waals surface area contributed by atoms with Gasteiger partial charge in [0.15, 0.2) is 17.0 Å². The molecule has 7 nitrogen and oxygen atoms in total. The first-order chi connectivity index (χ1) is 15.4. The molecule has 3 heterocycles. The van der Waals surface area contributed by atoms with Crippen LogP contribution in [0.4, 0.5) is 13.2 Å². The zero-order valence-corrected chi connectivity index (χ0v) is 16.5. The highest BCUT2D eigenvalue weighted by Gasteiger charge is 2.35. The number of nitrogens with zero attached hydrogens (tertiary/aromatic N) is 5. The Balaban J connectivity index is 1.62. The predicted molar refractivity (Wildman–Crippen MR) is 109 cm³/mol. The Kier molecular flexibility index (Phi) is 4.62. The minimum Gasteiger partial charge on any atom is -0.497 e. The van der Waals surface area contributed by atoms with Crippen molar-refractivity contribution >= 4 is 5.65 Å². The first kappa shape index (κ1) is 19.7. The zero-order chi connectivity index (χ0) is 22.3. The lowest BCUT2D eigenvalue weighted by Gasteiger charge is -2.11. The van der Waals surface area contributed by atoms with Gasteiger partial charge in [0.2, 0.25) is 5.89 Å². The van der Waals surface area contributed by atoms with Crippen molar-refractivity contribution in [2.45, 2.75) is 6.18 Å². The molecule has 0 amide bonds. The largest absolute Gasteiger partial charge is 0.497 e. The van der Waals surface area contributed by atoms with E-state index in [9.17, 15) is 13.2 Å². The van der Waals surface area contributed by atoms with Crippen molar-refractivity contribution in [1.29, 1.82) is 0 Å². The Bertz CT molecular complexity index is 1390. The Morgan fingerprint density at radius 1 is 0.844 bits per heavy atom. The molecule has 0 bridgehead atoms. The van der Waals surface area contributed by atoms with Crippen LogP contribution in [0.25, 0.3) is 39.9 Å². The number of aromatic nitrogens is 5. The number of hydrogen-bond acceptors (Lipinski definition) is 6. The van der Waals surface area contributed by atoms with Gasteiger partial charge in [-0.05, 0) is 42.5 Å². The van der Waals surface area contributed by atoms with E-state index in [1.54, 1.807) is 36.4 Å². The van der Waals surface area contributed by atoms with Gasteiger partial charge < -0.3 is 9.15 Å². The molecule has 0 fully saturated rings. The van der Waals surface area contributed by atoms with Gasteiger partial charge in [0.25, 0.3) is 5.89 Å². The van der Waals surface area contributed by atoms with Gasteiger partial charge in [-0.25, -0.2) is 9.50 Å². The molecule has 2 aromatic carbocycles. The molecule has 0 unspecified atom stereocenters. The van der Waals surface area contributed by atoms with E-state index in [1.807, 2.05) is 18.2 Å². The van der Waals surface area contributed by atoms with Crippen LogP contribution in [-0.2, 0) is 6.18 Å². The van der Waals surface area contributed by atoms with Crippen molar-refractivity contribution in [1.82, 2.24) is 24.8 Å². The SMILES string of the molecule is COc1ccc(-c2cc(C(F)(F)F)n3nc(-c4nnc(-c5ccccc5)o4)cc3n2)cc1. The summed E-state index contributed by atoms with van der Waals surface area (Å²) in [7, 11) is 1.51. The lowest BCUT2D eigenvalue weighted by Crippen LogP contribution is -2.13. The maximum atomic E-state index is 13.8. The molecule has 0 saturated carbocycles. The summed E-state index contributed by atoms with van der Waals surface area (Å²) >= 11 is 0. The number of halogens is 3. The van der Waals surface area contributed by atoms with E-state index in [-0.39, 0.29) is 28.8 Å². The topological polar surface area (TPSA) is 78.3 Å². The molecule has 0 aliphatic carbocycles. The molecule has 5 rings (SSSR count). The molecular weight excluding hydrogens is 423 g/mol. The second-order valence-electron chi connectivity index (χ2n) is 6.83. The molecule has 0 spiro atoms. The van der Waals surface area contributed by atoms with E-state index in [0.717, 1.165) is 10.6 Å². The summed E-state index contributed by atoms with van der Waals surface area (Å²) in [6.07, 6.45) is -4.66. The van der Waals surface area contributed by atoms with Crippen molar-refractivity contribution in [3.63, 3.8) is 0 Å². The second kappa shape index (κ2) is 7.49. The summed E-state index contributed by atoms with van der Waals surface area (Å²) in [5, 5.41) is 11.9. The molecule has 160 valence electrons. The average Bonchev–Trinajstić information content (AvgIpc) is 3.45. The zero-order valence-electron chi connectivity index (χ0n) is 16.5. The Morgan fingerprint density at radius 2 is 1.56 bits per heavy atom. The van der Waals surface area contributed by atoms with Gasteiger partial charge in [-0.1, -0.05) is 18.2 Å². The Morgan fingerprint density at radius 3 is 2.25 bits per heavy atom. The summed E-state index contributed by atoms with van der Waals surface area (Å²) in [4.78, 5) is 4.36. The minimum atomic E-state index is -4.66. The van der Waals surface area contributed by atoms with E-state index in [0.29, 0.717) is 16.9 Å². The Labute approximate surface area is 179 Å². The van der Waals surface area contributed by atoms with E-state index >= 15 is 0 Å². The second-order valence-corrected chi connectivity index (χ2v) is 6.83. The molecule has 32 heavy (non-hydrogen) atoms. The van der Waals surface area contributed by atoms with Crippen molar-refractivity contribution in [2.24, 2.45) is 0 Å². The third kappa shape index (κ3) is 3.55. The van der Waals surface area contributed by atoms with Crippen LogP contribution in [0.3, 0.4) is 0 Å². The first-order valence-electron chi connectivity index (χ1n) is 9.44. The molecule has 0 saturated heterocycles. The van der Waals surface area contributed by atoms with Gasteiger partial charge in [0, 0.05) is 17.2 Å². The smallest absolute Gasteiger partial charge is 0.433 e. The number of alkyl halides is 3. The summed E-state index contributed by atoms with van der Waals surface area (Å²) in [6.45, 7) is 0. The van der Waals surface area contributed by atoms with Gasteiger partial charge in [-0.3, -0.25) is 0 Å². The van der Waals surface area contributed by atoms with Gasteiger partial charge in [-0.2, -0.15) is 18.3 Å². The average molecular weight is 437 g/mol. The fourth-order valence-corrected chi connectivity index (χ4v) is 3.21. The molecule has 3 aromatic heterocycles. The minimum absolute atomic E-state index is 0.0000965.